The summed E-state index contributed by atoms with van der Waals surface area (Å²) in [7, 11) is -2.41. The summed E-state index contributed by atoms with van der Waals surface area (Å²) in [5.74, 6) is -0.0850. The summed E-state index contributed by atoms with van der Waals surface area (Å²) in [6.45, 7) is 0. The molecule has 12 heteroatoms. The molecule has 0 spiro atoms. The first-order chi connectivity index (χ1) is 16.3. The number of hydrogen-bond acceptors (Lipinski definition) is 8. The second-order valence-electron chi connectivity index (χ2n) is 6.88. The van der Waals surface area contributed by atoms with Crippen LogP contribution in [0.5, 0.6) is 11.5 Å². The molecular formula is C22H16N4O7S. The lowest BCUT2D eigenvalue weighted by Gasteiger charge is -2.10. The molecule has 34 heavy (non-hydrogen) atoms. The number of ether oxygens (including phenoxy) is 2. The number of amides is 1. The van der Waals surface area contributed by atoms with Gasteiger partial charge in [-0.25, -0.2) is 5.43 Å². The quantitative estimate of drug-likeness (QED) is 0.324. The Kier molecular flexibility index (Phi) is 6.06. The summed E-state index contributed by atoms with van der Waals surface area (Å²) in [6, 6.07) is 16.2. The molecule has 0 unspecified atom stereocenters. The highest BCUT2D eigenvalue weighted by Crippen LogP contribution is 2.32. The van der Waals surface area contributed by atoms with E-state index in [0.717, 1.165) is 0 Å². The van der Waals surface area contributed by atoms with E-state index < -0.39 is 20.9 Å². The Morgan fingerprint density at radius 2 is 1.82 bits per heavy atom. The summed E-state index contributed by atoms with van der Waals surface area (Å²) < 4.78 is 39.2. The van der Waals surface area contributed by atoms with E-state index in [9.17, 15) is 23.3 Å². The van der Waals surface area contributed by atoms with Gasteiger partial charge in [-0.15, -0.1) is 4.40 Å². The molecule has 3 aromatic carbocycles. The van der Waals surface area contributed by atoms with Crippen LogP contribution in [0.15, 0.2) is 81.1 Å². The van der Waals surface area contributed by atoms with Crippen LogP contribution in [0.1, 0.15) is 21.5 Å². The second-order valence-corrected chi connectivity index (χ2v) is 8.46. The number of methoxy groups -OCH3 is 1. The molecule has 0 bridgehead atoms. The molecule has 3 aromatic rings. The third-order valence-electron chi connectivity index (χ3n) is 4.71. The molecular weight excluding hydrogens is 464 g/mol. The van der Waals surface area contributed by atoms with Gasteiger partial charge in [0.15, 0.2) is 11.5 Å². The first-order valence-electron chi connectivity index (χ1n) is 9.66. The molecule has 0 aromatic heterocycles. The molecule has 0 aliphatic carbocycles. The summed E-state index contributed by atoms with van der Waals surface area (Å²) in [5, 5.41) is 14.6. The van der Waals surface area contributed by atoms with Crippen LogP contribution < -0.4 is 14.9 Å². The number of nitrogens with zero attached hydrogens (tertiary/aromatic N) is 3. The van der Waals surface area contributed by atoms with Gasteiger partial charge in [-0.1, -0.05) is 12.1 Å². The summed E-state index contributed by atoms with van der Waals surface area (Å²) >= 11 is 0. The molecule has 1 aliphatic rings. The molecule has 0 radical (unpaired) electrons. The van der Waals surface area contributed by atoms with Gasteiger partial charge in [0.25, 0.3) is 21.6 Å². The summed E-state index contributed by atoms with van der Waals surface area (Å²) in [6.07, 6.45) is 1.36. The number of hydrazone groups is 1. The number of hydrogen-bond donors (Lipinski definition) is 1. The topological polar surface area (TPSA) is 150 Å². The summed E-state index contributed by atoms with van der Waals surface area (Å²) in [5.41, 5.74) is 3.31. The average molecular weight is 480 g/mol. The molecule has 172 valence electrons. The van der Waals surface area contributed by atoms with Crippen molar-refractivity contribution >= 4 is 33.7 Å². The molecule has 1 aliphatic heterocycles. The Hall–Kier alpha value is -4.58. The van der Waals surface area contributed by atoms with Gasteiger partial charge in [0.05, 0.1) is 23.8 Å². The van der Waals surface area contributed by atoms with Crippen LogP contribution in [-0.2, 0) is 10.0 Å². The maximum absolute atomic E-state index is 12.2. The molecule has 1 heterocycles. The number of rotatable bonds is 6. The van der Waals surface area contributed by atoms with Gasteiger partial charge in [0.1, 0.15) is 4.90 Å². The van der Waals surface area contributed by atoms with Crippen molar-refractivity contribution in [2.45, 2.75) is 4.90 Å². The van der Waals surface area contributed by atoms with Crippen LogP contribution in [0.3, 0.4) is 0 Å². The van der Waals surface area contributed by atoms with Gasteiger partial charge in [0, 0.05) is 17.7 Å². The number of benzene rings is 3. The minimum atomic E-state index is -3.82. The van der Waals surface area contributed by atoms with E-state index in [1.165, 1.54) is 43.7 Å². The Morgan fingerprint density at radius 1 is 1.09 bits per heavy atom. The zero-order valence-corrected chi connectivity index (χ0v) is 18.4. The SMILES string of the molecule is COc1cc(/C=N\NC(=O)c2ccc([N+](=O)[O-])cc2)ccc1OC1=NS(=O)(=O)c2ccccc21. The highest BCUT2D eigenvalue weighted by molar-refractivity contribution is 7.90. The smallest absolute Gasteiger partial charge is 0.286 e. The van der Waals surface area contributed by atoms with E-state index in [1.807, 2.05) is 0 Å². The molecule has 0 atom stereocenters. The van der Waals surface area contributed by atoms with Gasteiger partial charge < -0.3 is 9.47 Å². The van der Waals surface area contributed by atoms with Crippen molar-refractivity contribution in [3.63, 3.8) is 0 Å². The second kappa shape index (κ2) is 9.11. The van der Waals surface area contributed by atoms with Gasteiger partial charge in [-0.2, -0.15) is 13.5 Å². The van der Waals surface area contributed by atoms with Crippen molar-refractivity contribution in [3.05, 3.63) is 93.5 Å². The van der Waals surface area contributed by atoms with Gasteiger partial charge >= 0.3 is 0 Å². The predicted molar refractivity (Wildman–Crippen MR) is 122 cm³/mol. The Labute approximate surface area is 193 Å². The van der Waals surface area contributed by atoms with Crippen molar-refractivity contribution in [2.24, 2.45) is 9.50 Å². The number of sulfonamides is 1. The maximum Gasteiger partial charge on any atom is 0.286 e. The van der Waals surface area contributed by atoms with Crippen molar-refractivity contribution < 1.29 is 27.6 Å². The molecule has 11 nitrogen and oxygen atoms in total. The molecule has 0 saturated heterocycles. The first kappa shape index (κ1) is 22.6. The van der Waals surface area contributed by atoms with E-state index in [4.69, 9.17) is 9.47 Å². The highest BCUT2D eigenvalue weighted by atomic mass is 32.2. The van der Waals surface area contributed by atoms with E-state index in [2.05, 4.69) is 14.9 Å². The fourth-order valence-electron chi connectivity index (χ4n) is 3.07. The first-order valence-corrected chi connectivity index (χ1v) is 11.1. The number of nitrogens with one attached hydrogen (secondary N) is 1. The lowest BCUT2D eigenvalue weighted by atomic mass is 10.2. The standard InChI is InChI=1S/C22H16N4O7S/c1-32-19-12-14(13-23-24-21(27)15-7-9-16(10-8-15)26(28)29)6-11-18(19)33-22-17-4-2-3-5-20(17)34(30,31)25-22/h2-13H,1H3,(H,24,27)/b23-13-. The Morgan fingerprint density at radius 3 is 2.53 bits per heavy atom. The van der Waals surface area contributed by atoms with E-state index >= 15 is 0 Å². The van der Waals surface area contributed by atoms with Crippen LogP contribution in [0.4, 0.5) is 5.69 Å². The lowest BCUT2D eigenvalue weighted by Crippen LogP contribution is -2.17. The molecule has 0 fully saturated rings. The normalized spacial score (nSPS) is 13.7. The minimum absolute atomic E-state index is 0.0642. The number of nitro groups is 1. The van der Waals surface area contributed by atoms with Crippen molar-refractivity contribution in [3.8, 4) is 11.5 Å². The van der Waals surface area contributed by atoms with Gasteiger partial charge in [-0.3, -0.25) is 14.9 Å². The zero-order chi connectivity index (χ0) is 24.3. The molecule has 4 rings (SSSR count). The Balaban J connectivity index is 1.47. The van der Waals surface area contributed by atoms with Gasteiger partial charge in [0.2, 0.25) is 5.90 Å². The largest absolute Gasteiger partial charge is 0.493 e. The number of fused-ring (bicyclic) bond motifs is 1. The monoisotopic (exact) mass is 480 g/mol. The van der Waals surface area contributed by atoms with Crippen LogP contribution in [-0.4, -0.2) is 38.5 Å². The summed E-state index contributed by atoms with van der Waals surface area (Å²) in [4.78, 5) is 22.3. The number of carbonyl (C=O) groups is 1. The van der Waals surface area contributed by atoms with Crippen LogP contribution in [0.25, 0.3) is 0 Å². The molecule has 0 saturated carbocycles. The fourth-order valence-corrected chi connectivity index (χ4v) is 4.20. The van der Waals surface area contributed by atoms with E-state index in [1.54, 1.807) is 36.4 Å². The predicted octanol–water partition coefficient (Wildman–Crippen LogP) is 2.90. The zero-order valence-electron chi connectivity index (χ0n) is 17.5. The molecule has 1 amide bonds. The van der Waals surface area contributed by atoms with E-state index in [-0.39, 0.29) is 33.5 Å². The highest BCUT2D eigenvalue weighted by Gasteiger charge is 2.30. The van der Waals surface area contributed by atoms with Crippen molar-refractivity contribution in [2.75, 3.05) is 7.11 Å². The number of carbonyl (C=O) groups excluding carboxylic acids is 1. The van der Waals surface area contributed by atoms with Crippen molar-refractivity contribution in [1.82, 2.24) is 5.43 Å². The third-order valence-corrected chi connectivity index (χ3v) is 6.03. The third kappa shape index (κ3) is 4.61. The maximum atomic E-state index is 12.2. The average Bonchev–Trinajstić information content (AvgIpc) is 3.09. The van der Waals surface area contributed by atoms with Crippen molar-refractivity contribution in [1.29, 1.82) is 0 Å². The fraction of sp³-hybridized carbons (Fsp3) is 0.0455. The lowest BCUT2D eigenvalue weighted by molar-refractivity contribution is -0.384. The van der Waals surface area contributed by atoms with E-state index in [0.29, 0.717) is 11.1 Å². The van der Waals surface area contributed by atoms with Crippen LogP contribution >= 0.6 is 0 Å². The van der Waals surface area contributed by atoms with Crippen LogP contribution in [0.2, 0.25) is 0 Å². The minimum Gasteiger partial charge on any atom is -0.493 e. The number of non-ortho nitro benzene ring substituents is 1. The number of nitro benzene ring substituents is 1. The Bertz CT molecular complexity index is 1450. The molecule has 1 N–H and O–H groups in total. The van der Waals surface area contributed by atoms with Crippen LogP contribution in [0, 0.1) is 10.1 Å². The van der Waals surface area contributed by atoms with Gasteiger partial charge in [-0.05, 0) is 48.0 Å².